The number of rotatable bonds is 7. The molecule has 0 atom stereocenters. The zero-order valence-corrected chi connectivity index (χ0v) is 16.1. The van der Waals surface area contributed by atoms with Crippen molar-refractivity contribution in [2.45, 2.75) is 52.7 Å². The molecule has 0 radical (unpaired) electrons. The van der Waals surface area contributed by atoms with E-state index in [9.17, 15) is 14.4 Å². The minimum atomic E-state index is -0.618. The van der Waals surface area contributed by atoms with E-state index in [2.05, 4.69) is 0 Å². The summed E-state index contributed by atoms with van der Waals surface area (Å²) in [6, 6.07) is 4.43. The molecule has 0 saturated heterocycles. The molecule has 0 fully saturated rings. The van der Waals surface area contributed by atoms with Gasteiger partial charge in [-0.25, -0.2) is 9.59 Å². The molecule has 0 saturated carbocycles. The number of esters is 2. The highest BCUT2D eigenvalue weighted by molar-refractivity contribution is 5.81. The van der Waals surface area contributed by atoms with Crippen LogP contribution in [0.2, 0.25) is 0 Å². The summed E-state index contributed by atoms with van der Waals surface area (Å²) >= 11 is 0. The van der Waals surface area contributed by atoms with Crippen LogP contribution in [0.15, 0.2) is 18.2 Å². The van der Waals surface area contributed by atoms with Gasteiger partial charge >= 0.3 is 11.9 Å². The third-order valence-corrected chi connectivity index (χ3v) is 2.65. The molecule has 7 heteroatoms. The maximum atomic E-state index is 11.7. The monoisotopic (exact) mass is 366 g/mol. The molecule has 0 aliphatic carbocycles. The fourth-order valence-corrected chi connectivity index (χ4v) is 1.86. The molecule has 0 aliphatic rings. The van der Waals surface area contributed by atoms with E-state index in [0.29, 0.717) is 12.0 Å². The van der Waals surface area contributed by atoms with Crippen LogP contribution in [0.25, 0.3) is 0 Å². The van der Waals surface area contributed by atoms with Crippen molar-refractivity contribution in [3.05, 3.63) is 23.8 Å². The van der Waals surface area contributed by atoms with E-state index in [1.54, 1.807) is 41.5 Å². The predicted octanol–water partition coefficient (Wildman–Crippen LogP) is 2.94. The van der Waals surface area contributed by atoms with Gasteiger partial charge in [0.15, 0.2) is 19.5 Å². The first-order valence-corrected chi connectivity index (χ1v) is 8.18. The third-order valence-electron chi connectivity index (χ3n) is 2.65. The summed E-state index contributed by atoms with van der Waals surface area (Å²) < 4.78 is 20.9. The fourth-order valence-electron chi connectivity index (χ4n) is 1.86. The molecule has 0 bridgehead atoms. The summed E-state index contributed by atoms with van der Waals surface area (Å²) in [5.74, 6) is -0.534. The van der Waals surface area contributed by atoms with Crippen LogP contribution in [0, 0.1) is 0 Å². The molecule has 0 spiro atoms. The standard InChI is InChI=1S/C19H26O7/c1-18(2,3)25-16(21)11-23-14-7-8-15(13(9-14)10-20)24-12-17(22)26-19(4,5)6/h7-10H,11-12H2,1-6H3. The lowest BCUT2D eigenvalue weighted by molar-refractivity contribution is -0.158. The van der Waals surface area contributed by atoms with Gasteiger partial charge < -0.3 is 18.9 Å². The number of benzene rings is 1. The minimum Gasteiger partial charge on any atom is -0.482 e. The van der Waals surface area contributed by atoms with Crippen LogP contribution in [0.1, 0.15) is 51.9 Å². The zero-order valence-electron chi connectivity index (χ0n) is 16.1. The third kappa shape index (κ3) is 8.50. The van der Waals surface area contributed by atoms with E-state index in [1.807, 2.05) is 0 Å². The van der Waals surface area contributed by atoms with E-state index >= 15 is 0 Å². The van der Waals surface area contributed by atoms with Crippen LogP contribution in [0.3, 0.4) is 0 Å². The van der Waals surface area contributed by atoms with Gasteiger partial charge in [-0.1, -0.05) is 0 Å². The molecule has 0 heterocycles. The first-order valence-electron chi connectivity index (χ1n) is 8.18. The molecule has 1 aromatic rings. The smallest absolute Gasteiger partial charge is 0.344 e. The van der Waals surface area contributed by atoms with Crippen LogP contribution in [-0.4, -0.2) is 42.6 Å². The summed E-state index contributed by atoms with van der Waals surface area (Å²) in [6.07, 6.45) is 0.574. The van der Waals surface area contributed by atoms with Gasteiger partial charge in [0.05, 0.1) is 5.56 Å². The van der Waals surface area contributed by atoms with Gasteiger partial charge in [0.1, 0.15) is 22.7 Å². The van der Waals surface area contributed by atoms with Crippen LogP contribution < -0.4 is 9.47 Å². The highest BCUT2D eigenvalue weighted by Crippen LogP contribution is 2.23. The summed E-state index contributed by atoms with van der Waals surface area (Å²) in [6.45, 7) is 9.91. The van der Waals surface area contributed by atoms with Gasteiger partial charge in [-0.15, -0.1) is 0 Å². The lowest BCUT2D eigenvalue weighted by Gasteiger charge is -2.20. The molecule has 144 valence electrons. The van der Waals surface area contributed by atoms with E-state index in [0.717, 1.165) is 0 Å². The van der Waals surface area contributed by atoms with Crippen LogP contribution in [0.5, 0.6) is 11.5 Å². The van der Waals surface area contributed by atoms with E-state index in [1.165, 1.54) is 18.2 Å². The van der Waals surface area contributed by atoms with Crippen molar-refractivity contribution >= 4 is 18.2 Å². The topological polar surface area (TPSA) is 88.1 Å². The SMILES string of the molecule is CC(C)(C)OC(=O)COc1ccc(OCC(=O)OC(C)(C)C)c(C=O)c1. The Kier molecular flexibility index (Phi) is 7.18. The second-order valence-electron chi connectivity index (χ2n) is 7.57. The Bertz CT molecular complexity index is 651. The van der Waals surface area contributed by atoms with Crippen LogP contribution >= 0.6 is 0 Å². The summed E-state index contributed by atoms with van der Waals surface area (Å²) in [4.78, 5) is 34.6. The number of hydrogen-bond acceptors (Lipinski definition) is 7. The Morgan fingerprint density at radius 2 is 1.38 bits per heavy atom. The highest BCUT2D eigenvalue weighted by atomic mass is 16.6. The zero-order chi connectivity index (χ0) is 20.0. The quantitative estimate of drug-likeness (QED) is 0.541. The first-order chi connectivity index (χ1) is 11.9. The number of ether oxygens (including phenoxy) is 4. The Labute approximate surface area is 153 Å². The minimum absolute atomic E-state index is 0.190. The van der Waals surface area contributed by atoms with Crippen molar-refractivity contribution in [3.63, 3.8) is 0 Å². The van der Waals surface area contributed by atoms with Crippen molar-refractivity contribution in [3.8, 4) is 11.5 Å². The molecule has 0 aliphatic heterocycles. The van der Waals surface area contributed by atoms with E-state index in [-0.39, 0.29) is 24.5 Å². The Hall–Kier alpha value is -2.57. The van der Waals surface area contributed by atoms with Crippen molar-refractivity contribution in [1.82, 2.24) is 0 Å². The molecule has 26 heavy (non-hydrogen) atoms. The van der Waals surface area contributed by atoms with E-state index in [4.69, 9.17) is 18.9 Å². The van der Waals surface area contributed by atoms with Crippen molar-refractivity contribution in [1.29, 1.82) is 0 Å². The molecule has 0 amide bonds. The van der Waals surface area contributed by atoms with Crippen molar-refractivity contribution in [2.75, 3.05) is 13.2 Å². The lowest BCUT2D eigenvalue weighted by Crippen LogP contribution is -2.27. The second-order valence-corrected chi connectivity index (χ2v) is 7.57. The summed E-state index contributed by atoms with van der Waals surface area (Å²) in [7, 11) is 0. The van der Waals surface area contributed by atoms with Crippen molar-refractivity contribution < 1.29 is 33.3 Å². The van der Waals surface area contributed by atoms with Gasteiger partial charge in [0.2, 0.25) is 0 Å². The molecule has 7 nitrogen and oxygen atoms in total. The maximum Gasteiger partial charge on any atom is 0.344 e. The largest absolute Gasteiger partial charge is 0.482 e. The molecular weight excluding hydrogens is 340 g/mol. The number of aldehydes is 1. The van der Waals surface area contributed by atoms with Gasteiger partial charge in [0, 0.05) is 0 Å². The number of carbonyl (C=O) groups is 3. The normalized spacial score (nSPS) is 11.5. The second kappa shape index (κ2) is 8.69. The summed E-state index contributed by atoms with van der Waals surface area (Å²) in [5, 5.41) is 0. The molecule has 0 unspecified atom stereocenters. The first kappa shape index (κ1) is 21.5. The average molecular weight is 366 g/mol. The molecule has 1 aromatic carbocycles. The number of hydrogen-bond donors (Lipinski definition) is 0. The summed E-state index contributed by atoms with van der Waals surface area (Å²) in [5.41, 5.74) is -1.03. The Morgan fingerprint density at radius 3 is 1.85 bits per heavy atom. The molecule has 0 aromatic heterocycles. The fraction of sp³-hybridized carbons (Fsp3) is 0.526. The lowest BCUT2D eigenvalue weighted by atomic mass is 10.2. The molecular formula is C19H26O7. The van der Waals surface area contributed by atoms with Gasteiger partial charge in [-0.3, -0.25) is 4.79 Å². The van der Waals surface area contributed by atoms with Gasteiger partial charge in [-0.2, -0.15) is 0 Å². The van der Waals surface area contributed by atoms with Gasteiger partial charge in [-0.05, 0) is 59.7 Å². The number of carbonyl (C=O) groups excluding carboxylic acids is 3. The Balaban J connectivity index is 2.65. The van der Waals surface area contributed by atoms with Crippen molar-refractivity contribution in [2.24, 2.45) is 0 Å². The molecule has 0 N–H and O–H groups in total. The van der Waals surface area contributed by atoms with E-state index < -0.39 is 23.1 Å². The van der Waals surface area contributed by atoms with Crippen LogP contribution in [0.4, 0.5) is 0 Å². The average Bonchev–Trinajstić information content (AvgIpc) is 2.47. The van der Waals surface area contributed by atoms with Crippen LogP contribution in [-0.2, 0) is 19.1 Å². The van der Waals surface area contributed by atoms with Gasteiger partial charge in [0.25, 0.3) is 0 Å². The predicted molar refractivity (Wildman–Crippen MR) is 94.5 cm³/mol. The maximum absolute atomic E-state index is 11.7. The highest BCUT2D eigenvalue weighted by Gasteiger charge is 2.18. The molecule has 1 rings (SSSR count). The Morgan fingerprint density at radius 1 is 0.885 bits per heavy atom.